The van der Waals surface area contributed by atoms with Crippen LogP contribution in [-0.4, -0.2) is 47.2 Å². The normalized spacial score (nSPS) is 16.7. The molecule has 2 aromatic heterocycles. The van der Waals surface area contributed by atoms with E-state index < -0.39 is 10.0 Å². The van der Waals surface area contributed by atoms with E-state index in [0.29, 0.717) is 18.9 Å². The third kappa shape index (κ3) is 4.94. The Morgan fingerprint density at radius 3 is 2.50 bits per heavy atom. The molecule has 1 atom stereocenters. The zero-order valence-corrected chi connectivity index (χ0v) is 18.5. The molecule has 168 valence electrons. The van der Waals surface area contributed by atoms with E-state index in [9.17, 15) is 13.2 Å². The van der Waals surface area contributed by atoms with E-state index in [0.717, 1.165) is 36.6 Å². The van der Waals surface area contributed by atoms with Crippen molar-refractivity contribution >= 4 is 21.7 Å². The van der Waals surface area contributed by atoms with Gasteiger partial charge in [0.25, 0.3) is 0 Å². The number of amides is 1. The first kappa shape index (κ1) is 21.9. The van der Waals surface area contributed by atoms with Crippen molar-refractivity contribution in [1.82, 2.24) is 25.1 Å². The molecule has 32 heavy (non-hydrogen) atoms. The second-order valence-corrected chi connectivity index (χ2v) is 9.35. The Bertz CT molecular complexity index is 1190. The van der Waals surface area contributed by atoms with Gasteiger partial charge in [-0.2, -0.15) is 0 Å². The quantitative estimate of drug-likeness (QED) is 0.569. The van der Waals surface area contributed by atoms with Gasteiger partial charge in [0.1, 0.15) is 5.82 Å². The lowest BCUT2D eigenvalue weighted by atomic mass is 9.97. The molecule has 1 saturated heterocycles. The van der Waals surface area contributed by atoms with Crippen LogP contribution in [-0.2, 0) is 21.4 Å². The minimum absolute atomic E-state index is 0.0381. The fraction of sp³-hybridized carbons (Fsp3) is 0.333. The fourth-order valence-electron chi connectivity index (χ4n) is 3.77. The summed E-state index contributed by atoms with van der Waals surface area (Å²) >= 11 is 0. The average molecular weight is 456 g/mol. The zero-order valence-electron chi connectivity index (χ0n) is 17.7. The highest BCUT2D eigenvalue weighted by atomic mass is 32.2. The molecule has 4 rings (SSSR count). The fourth-order valence-corrected chi connectivity index (χ4v) is 4.28. The van der Waals surface area contributed by atoms with Crippen LogP contribution < -0.4 is 15.4 Å². The van der Waals surface area contributed by atoms with Gasteiger partial charge < -0.3 is 10.2 Å². The molecule has 1 aromatic carbocycles. The SMILES string of the molecule is Cc1nccn1-c1ccc(N2CCCC(C(=O)NCc3ccc(S(N)(=O)=O)cc3)C2)nn1. The summed E-state index contributed by atoms with van der Waals surface area (Å²) in [6, 6.07) is 9.97. The molecule has 3 aromatic rings. The van der Waals surface area contributed by atoms with E-state index in [1.54, 1.807) is 18.3 Å². The maximum absolute atomic E-state index is 12.7. The summed E-state index contributed by atoms with van der Waals surface area (Å²) in [5.74, 6) is 2.07. The molecule has 1 aliphatic rings. The van der Waals surface area contributed by atoms with Gasteiger partial charge in [-0.1, -0.05) is 12.1 Å². The zero-order chi connectivity index (χ0) is 22.7. The lowest BCUT2D eigenvalue weighted by molar-refractivity contribution is -0.125. The molecule has 3 heterocycles. The van der Waals surface area contributed by atoms with Gasteiger partial charge in [0.05, 0.1) is 10.8 Å². The van der Waals surface area contributed by atoms with Crippen LogP contribution in [0.1, 0.15) is 24.2 Å². The summed E-state index contributed by atoms with van der Waals surface area (Å²) in [6.45, 7) is 3.60. The maximum Gasteiger partial charge on any atom is 0.238 e. The van der Waals surface area contributed by atoms with E-state index in [4.69, 9.17) is 5.14 Å². The van der Waals surface area contributed by atoms with Crippen LogP contribution in [0, 0.1) is 12.8 Å². The molecular weight excluding hydrogens is 430 g/mol. The number of aryl methyl sites for hydroxylation is 1. The molecule has 3 N–H and O–H groups in total. The van der Waals surface area contributed by atoms with Crippen LogP contribution >= 0.6 is 0 Å². The number of benzene rings is 1. The van der Waals surface area contributed by atoms with Crippen molar-refractivity contribution in [1.29, 1.82) is 0 Å². The van der Waals surface area contributed by atoms with Crippen LogP contribution in [0.5, 0.6) is 0 Å². The number of hydrogen-bond donors (Lipinski definition) is 2. The molecule has 0 radical (unpaired) electrons. The van der Waals surface area contributed by atoms with Crippen LogP contribution in [0.4, 0.5) is 5.82 Å². The highest BCUT2D eigenvalue weighted by Crippen LogP contribution is 2.22. The number of carbonyl (C=O) groups excluding carboxylic acids is 1. The van der Waals surface area contributed by atoms with Gasteiger partial charge in [0.2, 0.25) is 15.9 Å². The van der Waals surface area contributed by atoms with Crippen molar-refractivity contribution in [3.8, 4) is 5.82 Å². The number of anilines is 1. The molecular formula is C21H25N7O3S. The predicted molar refractivity (Wildman–Crippen MR) is 118 cm³/mol. The van der Waals surface area contributed by atoms with Gasteiger partial charge in [0, 0.05) is 32.0 Å². The van der Waals surface area contributed by atoms with Crippen molar-refractivity contribution < 1.29 is 13.2 Å². The van der Waals surface area contributed by atoms with E-state index >= 15 is 0 Å². The molecule has 1 unspecified atom stereocenters. The molecule has 0 aliphatic carbocycles. The number of nitrogens with two attached hydrogens (primary N) is 1. The number of piperidine rings is 1. The van der Waals surface area contributed by atoms with Crippen molar-refractivity contribution in [3.63, 3.8) is 0 Å². The smallest absolute Gasteiger partial charge is 0.238 e. The highest BCUT2D eigenvalue weighted by molar-refractivity contribution is 7.89. The predicted octanol–water partition coefficient (Wildman–Crippen LogP) is 1.15. The summed E-state index contributed by atoms with van der Waals surface area (Å²) in [6.07, 6.45) is 5.23. The van der Waals surface area contributed by atoms with E-state index in [-0.39, 0.29) is 16.7 Å². The van der Waals surface area contributed by atoms with E-state index in [1.165, 1.54) is 12.1 Å². The second-order valence-electron chi connectivity index (χ2n) is 7.79. The minimum atomic E-state index is -3.73. The minimum Gasteiger partial charge on any atom is -0.354 e. The first-order valence-electron chi connectivity index (χ1n) is 10.3. The summed E-state index contributed by atoms with van der Waals surface area (Å²) in [7, 11) is -3.73. The monoisotopic (exact) mass is 455 g/mol. The first-order valence-corrected chi connectivity index (χ1v) is 11.8. The maximum atomic E-state index is 12.7. The number of primary sulfonamides is 1. The molecule has 10 nitrogen and oxygen atoms in total. The third-order valence-corrected chi connectivity index (χ3v) is 6.47. The molecule has 1 amide bonds. The molecule has 0 spiro atoms. The second kappa shape index (κ2) is 9.05. The Hall–Kier alpha value is -3.31. The number of imidazole rings is 1. The molecule has 1 fully saturated rings. The van der Waals surface area contributed by atoms with Gasteiger partial charge in [0.15, 0.2) is 11.6 Å². The Kier molecular flexibility index (Phi) is 6.19. The number of sulfonamides is 1. The van der Waals surface area contributed by atoms with Gasteiger partial charge in [-0.15, -0.1) is 10.2 Å². The first-order chi connectivity index (χ1) is 15.3. The lowest BCUT2D eigenvalue weighted by Crippen LogP contribution is -2.43. The summed E-state index contributed by atoms with van der Waals surface area (Å²) in [4.78, 5) is 19.0. The molecule has 0 bridgehead atoms. The summed E-state index contributed by atoms with van der Waals surface area (Å²) < 4.78 is 24.6. The number of nitrogens with zero attached hydrogens (tertiary/aromatic N) is 5. The van der Waals surface area contributed by atoms with Crippen molar-refractivity contribution in [2.24, 2.45) is 11.1 Å². The Morgan fingerprint density at radius 2 is 1.88 bits per heavy atom. The van der Waals surface area contributed by atoms with Crippen LogP contribution in [0.15, 0.2) is 53.7 Å². The van der Waals surface area contributed by atoms with Gasteiger partial charge in [-0.05, 0) is 49.6 Å². The average Bonchev–Trinajstić information content (AvgIpc) is 3.23. The van der Waals surface area contributed by atoms with E-state index in [2.05, 4.69) is 25.4 Å². The number of nitrogens with one attached hydrogen (secondary N) is 1. The summed E-state index contributed by atoms with van der Waals surface area (Å²) in [5, 5.41) is 16.7. The molecule has 0 saturated carbocycles. The van der Waals surface area contributed by atoms with Crippen LogP contribution in [0.25, 0.3) is 5.82 Å². The molecule has 1 aliphatic heterocycles. The lowest BCUT2D eigenvalue weighted by Gasteiger charge is -2.32. The number of carbonyl (C=O) groups is 1. The van der Waals surface area contributed by atoms with Gasteiger partial charge >= 0.3 is 0 Å². The Balaban J connectivity index is 1.35. The number of hydrogen-bond acceptors (Lipinski definition) is 7. The third-order valence-electron chi connectivity index (χ3n) is 5.54. The number of rotatable bonds is 6. The van der Waals surface area contributed by atoms with Crippen molar-refractivity contribution in [2.75, 3.05) is 18.0 Å². The van der Waals surface area contributed by atoms with Gasteiger partial charge in [-0.3, -0.25) is 9.36 Å². The topological polar surface area (TPSA) is 136 Å². The highest BCUT2D eigenvalue weighted by Gasteiger charge is 2.26. The molecule has 11 heteroatoms. The van der Waals surface area contributed by atoms with Crippen LogP contribution in [0.2, 0.25) is 0 Å². The van der Waals surface area contributed by atoms with E-state index in [1.807, 2.05) is 29.8 Å². The van der Waals surface area contributed by atoms with Crippen molar-refractivity contribution in [2.45, 2.75) is 31.2 Å². The van der Waals surface area contributed by atoms with Crippen LogP contribution in [0.3, 0.4) is 0 Å². The summed E-state index contributed by atoms with van der Waals surface area (Å²) in [5.41, 5.74) is 0.801. The Labute approximate surface area is 186 Å². The number of aromatic nitrogens is 4. The Morgan fingerprint density at radius 1 is 1.16 bits per heavy atom. The van der Waals surface area contributed by atoms with Crippen molar-refractivity contribution in [3.05, 3.63) is 60.2 Å². The largest absolute Gasteiger partial charge is 0.354 e. The standard InChI is InChI=1S/C21H25N7O3S/c1-15-23-10-12-28(15)20-9-8-19(25-26-20)27-11-2-3-17(14-27)21(29)24-13-16-4-6-18(7-5-16)32(22,30)31/h4-10,12,17H,2-3,11,13-14H2,1H3,(H,24,29)(H2,22,30,31). The van der Waals surface area contributed by atoms with Gasteiger partial charge in [-0.25, -0.2) is 18.5 Å².